The van der Waals surface area contributed by atoms with Crippen molar-refractivity contribution < 1.29 is 4.79 Å². The fourth-order valence-electron chi connectivity index (χ4n) is 3.11. The minimum Gasteiger partial charge on any atom is -0.368 e. The van der Waals surface area contributed by atoms with Crippen molar-refractivity contribution in [2.24, 2.45) is 0 Å². The van der Waals surface area contributed by atoms with Gasteiger partial charge in [-0.05, 0) is 24.3 Å². The molecule has 1 N–H and O–H groups in total. The van der Waals surface area contributed by atoms with Gasteiger partial charge in [0.25, 0.3) is 5.91 Å². The minimum atomic E-state index is -0.235. The molecule has 0 radical (unpaired) electrons. The fraction of sp³-hybridized carbons (Fsp3) is 0.200. The highest BCUT2D eigenvalue weighted by Crippen LogP contribution is 2.20. The maximum Gasteiger partial charge on any atom is 0.258 e. The number of amides is 1. The first-order valence-electron chi connectivity index (χ1n) is 8.88. The number of hydrogen-bond donors (Lipinski definition) is 1. The molecule has 3 heterocycles. The Labute approximate surface area is 157 Å². The molecule has 1 fully saturated rings. The van der Waals surface area contributed by atoms with Gasteiger partial charge in [0, 0.05) is 50.3 Å². The van der Waals surface area contributed by atoms with Crippen LogP contribution < -0.4 is 15.1 Å². The third-order valence-corrected chi connectivity index (χ3v) is 4.54. The number of para-hydroxylation sites is 1. The zero-order chi connectivity index (χ0) is 18.5. The first-order valence-corrected chi connectivity index (χ1v) is 8.88. The van der Waals surface area contributed by atoms with Crippen LogP contribution >= 0.6 is 0 Å². The van der Waals surface area contributed by atoms with E-state index in [0.29, 0.717) is 11.4 Å². The van der Waals surface area contributed by atoms with E-state index in [1.807, 2.05) is 12.1 Å². The van der Waals surface area contributed by atoms with E-state index < -0.39 is 0 Å². The lowest BCUT2D eigenvalue weighted by atomic mass is 10.2. The molecule has 0 atom stereocenters. The van der Waals surface area contributed by atoms with Crippen molar-refractivity contribution in [3.05, 3.63) is 72.8 Å². The SMILES string of the molecule is O=C(Nc1cc(N2CCN(c3ccccc3)CC2)ncn1)c1cccnc1. The quantitative estimate of drug-likeness (QED) is 0.770. The summed E-state index contributed by atoms with van der Waals surface area (Å²) >= 11 is 0. The van der Waals surface area contributed by atoms with Crippen molar-refractivity contribution >= 4 is 23.2 Å². The number of nitrogens with one attached hydrogen (secondary N) is 1. The lowest BCUT2D eigenvalue weighted by Crippen LogP contribution is -2.46. The maximum absolute atomic E-state index is 12.3. The van der Waals surface area contributed by atoms with Gasteiger partial charge in [-0.2, -0.15) is 0 Å². The number of piperazine rings is 1. The number of anilines is 3. The van der Waals surface area contributed by atoms with E-state index in [9.17, 15) is 4.79 Å². The maximum atomic E-state index is 12.3. The topological polar surface area (TPSA) is 74.2 Å². The number of hydrogen-bond acceptors (Lipinski definition) is 6. The van der Waals surface area contributed by atoms with Gasteiger partial charge in [0.05, 0.1) is 5.56 Å². The van der Waals surface area contributed by atoms with Crippen molar-refractivity contribution in [3.8, 4) is 0 Å². The number of aromatic nitrogens is 3. The summed E-state index contributed by atoms with van der Waals surface area (Å²) in [6.07, 6.45) is 4.65. The van der Waals surface area contributed by atoms with E-state index in [1.165, 1.54) is 18.2 Å². The third-order valence-electron chi connectivity index (χ3n) is 4.54. The summed E-state index contributed by atoms with van der Waals surface area (Å²) in [4.78, 5) is 29.3. The first kappa shape index (κ1) is 17.0. The molecule has 136 valence electrons. The standard InChI is InChI=1S/C20H20N6O/c27-20(16-5-4-8-21-14-16)24-18-13-19(23-15-22-18)26-11-9-25(10-12-26)17-6-2-1-3-7-17/h1-8,13-15H,9-12H2,(H,22,23,24,27). The molecule has 0 unspecified atom stereocenters. The monoisotopic (exact) mass is 360 g/mol. The molecule has 0 aliphatic carbocycles. The summed E-state index contributed by atoms with van der Waals surface area (Å²) in [6.45, 7) is 3.57. The average Bonchev–Trinajstić information content (AvgIpc) is 2.75. The van der Waals surface area contributed by atoms with Crippen molar-refractivity contribution in [1.82, 2.24) is 15.0 Å². The highest BCUT2D eigenvalue weighted by Gasteiger charge is 2.19. The van der Waals surface area contributed by atoms with Gasteiger partial charge in [0.1, 0.15) is 18.0 Å². The number of benzene rings is 1. The van der Waals surface area contributed by atoms with Crippen LogP contribution in [0.5, 0.6) is 0 Å². The number of carbonyl (C=O) groups is 1. The van der Waals surface area contributed by atoms with Crippen LogP contribution in [0.1, 0.15) is 10.4 Å². The van der Waals surface area contributed by atoms with Crippen LogP contribution in [-0.4, -0.2) is 47.0 Å². The summed E-state index contributed by atoms with van der Waals surface area (Å²) in [7, 11) is 0. The lowest BCUT2D eigenvalue weighted by molar-refractivity contribution is 0.102. The molecule has 0 spiro atoms. The number of carbonyl (C=O) groups excluding carboxylic acids is 1. The third kappa shape index (κ3) is 4.03. The van der Waals surface area contributed by atoms with Crippen molar-refractivity contribution in [2.45, 2.75) is 0 Å². The Hall–Kier alpha value is -3.48. The van der Waals surface area contributed by atoms with Crippen molar-refractivity contribution in [3.63, 3.8) is 0 Å². The van der Waals surface area contributed by atoms with Gasteiger partial charge in [0.2, 0.25) is 0 Å². The molecule has 0 bridgehead atoms. The highest BCUT2D eigenvalue weighted by molar-refractivity contribution is 6.03. The number of pyridine rings is 1. The Morgan fingerprint density at radius 3 is 2.44 bits per heavy atom. The molecule has 1 aliphatic heterocycles. The van der Waals surface area contributed by atoms with Gasteiger partial charge in [-0.1, -0.05) is 18.2 Å². The van der Waals surface area contributed by atoms with Gasteiger partial charge in [-0.3, -0.25) is 9.78 Å². The van der Waals surface area contributed by atoms with Crippen LogP contribution in [0.15, 0.2) is 67.3 Å². The van der Waals surface area contributed by atoms with Gasteiger partial charge < -0.3 is 15.1 Å². The Bertz CT molecular complexity index is 895. The molecule has 7 heteroatoms. The molecular weight excluding hydrogens is 340 g/mol. The smallest absolute Gasteiger partial charge is 0.258 e. The molecule has 27 heavy (non-hydrogen) atoms. The molecule has 1 aromatic carbocycles. The Kier molecular flexibility index (Phi) is 4.91. The molecule has 1 amide bonds. The normalized spacial score (nSPS) is 14.1. The summed E-state index contributed by atoms with van der Waals surface area (Å²) in [6, 6.07) is 15.7. The van der Waals surface area contributed by atoms with Crippen LogP contribution in [-0.2, 0) is 0 Å². The fourth-order valence-corrected chi connectivity index (χ4v) is 3.11. The Balaban J connectivity index is 1.40. The zero-order valence-electron chi connectivity index (χ0n) is 14.8. The van der Waals surface area contributed by atoms with Crippen LogP contribution in [0.3, 0.4) is 0 Å². The van der Waals surface area contributed by atoms with E-state index in [1.54, 1.807) is 18.3 Å². The minimum absolute atomic E-state index is 0.235. The van der Waals surface area contributed by atoms with E-state index in [0.717, 1.165) is 32.0 Å². The van der Waals surface area contributed by atoms with Gasteiger partial charge in [-0.15, -0.1) is 0 Å². The van der Waals surface area contributed by atoms with E-state index in [2.05, 4.69) is 54.3 Å². The molecule has 0 saturated carbocycles. The van der Waals surface area contributed by atoms with E-state index >= 15 is 0 Å². The van der Waals surface area contributed by atoms with Gasteiger partial charge in [-0.25, -0.2) is 9.97 Å². The molecule has 3 aromatic rings. The first-order chi connectivity index (χ1) is 13.3. The molecule has 1 saturated heterocycles. The Morgan fingerprint density at radius 2 is 1.70 bits per heavy atom. The van der Waals surface area contributed by atoms with E-state index in [-0.39, 0.29) is 5.91 Å². The number of nitrogens with zero attached hydrogens (tertiary/aromatic N) is 5. The van der Waals surface area contributed by atoms with Crippen LogP contribution in [0, 0.1) is 0 Å². The van der Waals surface area contributed by atoms with Gasteiger partial charge >= 0.3 is 0 Å². The molecule has 1 aliphatic rings. The Morgan fingerprint density at radius 1 is 0.926 bits per heavy atom. The van der Waals surface area contributed by atoms with Crippen molar-refractivity contribution in [1.29, 1.82) is 0 Å². The molecule has 7 nitrogen and oxygen atoms in total. The highest BCUT2D eigenvalue weighted by atomic mass is 16.1. The predicted octanol–water partition coefficient (Wildman–Crippen LogP) is 2.45. The molecule has 2 aromatic heterocycles. The summed E-state index contributed by atoms with van der Waals surface area (Å²) in [5.41, 5.74) is 1.73. The van der Waals surface area contributed by atoms with Crippen molar-refractivity contribution in [2.75, 3.05) is 41.3 Å². The van der Waals surface area contributed by atoms with E-state index in [4.69, 9.17) is 0 Å². The summed E-state index contributed by atoms with van der Waals surface area (Å²) in [5.74, 6) is 1.07. The predicted molar refractivity (Wildman–Crippen MR) is 105 cm³/mol. The second-order valence-electron chi connectivity index (χ2n) is 6.27. The summed E-state index contributed by atoms with van der Waals surface area (Å²) in [5, 5.41) is 2.81. The second-order valence-corrected chi connectivity index (χ2v) is 6.27. The van der Waals surface area contributed by atoms with Gasteiger partial charge in [0.15, 0.2) is 0 Å². The largest absolute Gasteiger partial charge is 0.368 e. The average molecular weight is 360 g/mol. The lowest BCUT2D eigenvalue weighted by Gasteiger charge is -2.36. The molecular formula is C20H20N6O. The zero-order valence-corrected chi connectivity index (χ0v) is 14.8. The van der Waals surface area contributed by atoms with Crippen LogP contribution in [0.25, 0.3) is 0 Å². The van der Waals surface area contributed by atoms with Crippen LogP contribution in [0.4, 0.5) is 17.3 Å². The summed E-state index contributed by atoms with van der Waals surface area (Å²) < 4.78 is 0. The number of rotatable bonds is 4. The second kappa shape index (κ2) is 7.82. The molecule has 4 rings (SSSR count). The van der Waals surface area contributed by atoms with Crippen LogP contribution in [0.2, 0.25) is 0 Å².